The summed E-state index contributed by atoms with van der Waals surface area (Å²) in [7, 11) is 0. The Balaban J connectivity index is 1.89. The standard InChI is InChI=1S/C14H22BrN3OS/c1-3-18(7-11-4-5-13(15)20-11)14(19)9-17-6-10(2)12(16)8-17/h4-5,10,12H,3,6-9,16H2,1-2H3. The summed E-state index contributed by atoms with van der Waals surface area (Å²) in [5.41, 5.74) is 6.01. The number of nitrogens with zero attached hydrogens (tertiary/aromatic N) is 2. The molecule has 20 heavy (non-hydrogen) atoms. The fourth-order valence-electron chi connectivity index (χ4n) is 2.52. The Bertz CT molecular complexity index is 455. The number of nitrogens with two attached hydrogens (primary N) is 1. The maximum absolute atomic E-state index is 12.4. The molecule has 6 heteroatoms. The number of hydrogen-bond donors (Lipinski definition) is 1. The van der Waals surface area contributed by atoms with Crippen molar-refractivity contribution in [2.45, 2.75) is 26.4 Å². The van der Waals surface area contributed by atoms with Crippen molar-refractivity contribution in [1.29, 1.82) is 0 Å². The number of carbonyl (C=O) groups excluding carboxylic acids is 1. The first kappa shape index (κ1) is 15.9. The van der Waals surface area contributed by atoms with Crippen LogP contribution >= 0.6 is 27.3 Å². The van der Waals surface area contributed by atoms with Gasteiger partial charge in [0.2, 0.25) is 5.91 Å². The predicted octanol–water partition coefficient (Wildman–Crippen LogP) is 2.14. The van der Waals surface area contributed by atoms with Gasteiger partial charge in [-0.2, -0.15) is 0 Å². The first-order chi connectivity index (χ1) is 9.49. The van der Waals surface area contributed by atoms with Crippen LogP contribution in [0.25, 0.3) is 0 Å². The third-order valence-corrected chi connectivity index (χ3v) is 5.42. The van der Waals surface area contributed by atoms with Gasteiger partial charge in [-0.15, -0.1) is 11.3 Å². The molecule has 1 aromatic heterocycles. The largest absolute Gasteiger partial charge is 0.337 e. The van der Waals surface area contributed by atoms with Crippen LogP contribution in [0.1, 0.15) is 18.7 Å². The third-order valence-electron chi connectivity index (χ3n) is 3.81. The Labute approximate surface area is 133 Å². The molecule has 1 saturated heterocycles. The van der Waals surface area contributed by atoms with Crippen molar-refractivity contribution in [1.82, 2.24) is 9.80 Å². The van der Waals surface area contributed by atoms with Gasteiger partial charge >= 0.3 is 0 Å². The number of hydrogen-bond acceptors (Lipinski definition) is 4. The molecule has 0 saturated carbocycles. The monoisotopic (exact) mass is 359 g/mol. The number of rotatable bonds is 5. The lowest BCUT2D eigenvalue weighted by atomic mass is 10.1. The minimum atomic E-state index is 0.193. The van der Waals surface area contributed by atoms with Gasteiger partial charge in [0.05, 0.1) is 16.9 Å². The lowest BCUT2D eigenvalue weighted by molar-refractivity contribution is -0.132. The highest BCUT2D eigenvalue weighted by atomic mass is 79.9. The molecule has 1 fully saturated rings. The van der Waals surface area contributed by atoms with Crippen LogP contribution in [0, 0.1) is 5.92 Å². The molecule has 1 aliphatic rings. The van der Waals surface area contributed by atoms with Crippen molar-refractivity contribution >= 4 is 33.2 Å². The topological polar surface area (TPSA) is 49.6 Å². The van der Waals surface area contributed by atoms with Crippen molar-refractivity contribution in [2.75, 3.05) is 26.2 Å². The van der Waals surface area contributed by atoms with Gasteiger partial charge in [-0.25, -0.2) is 0 Å². The van der Waals surface area contributed by atoms with E-state index in [4.69, 9.17) is 5.73 Å². The van der Waals surface area contributed by atoms with E-state index in [-0.39, 0.29) is 11.9 Å². The van der Waals surface area contributed by atoms with Crippen LogP contribution in [0.4, 0.5) is 0 Å². The number of likely N-dealkylation sites (N-methyl/N-ethyl adjacent to an activating group) is 1. The van der Waals surface area contributed by atoms with Gasteiger partial charge in [-0.1, -0.05) is 6.92 Å². The van der Waals surface area contributed by atoms with Crippen LogP contribution in [0.5, 0.6) is 0 Å². The quantitative estimate of drug-likeness (QED) is 0.875. The van der Waals surface area contributed by atoms with Crippen LogP contribution in [0.15, 0.2) is 15.9 Å². The van der Waals surface area contributed by atoms with Crippen LogP contribution < -0.4 is 5.73 Å². The molecule has 1 amide bonds. The van der Waals surface area contributed by atoms with E-state index in [1.54, 1.807) is 11.3 Å². The van der Waals surface area contributed by atoms with Crippen LogP contribution in [0.3, 0.4) is 0 Å². The van der Waals surface area contributed by atoms with Gasteiger partial charge in [-0.3, -0.25) is 9.69 Å². The number of likely N-dealkylation sites (tertiary alicyclic amines) is 1. The molecule has 0 aromatic carbocycles. The van der Waals surface area contributed by atoms with E-state index < -0.39 is 0 Å². The van der Waals surface area contributed by atoms with E-state index >= 15 is 0 Å². The highest BCUT2D eigenvalue weighted by Gasteiger charge is 2.28. The van der Waals surface area contributed by atoms with Crippen molar-refractivity contribution in [3.05, 3.63) is 20.8 Å². The molecule has 0 bridgehead atoms. The van der Waals surface area contributed by atoms with Gasteiger partial charge in [-0.05, 0) is 40.9 Å². The molecule has 2 unspecified atom stereocenters. The number of carbonyl (C=O) groups is 1. The second-order valence-electron chi connectivity index (χ2n) is 5.45. The van der Waals surface area contributed by atoms with Crippen molar-refractivity contribution in [3.8, 4) is 0 Å². The molecular weight excluding hydrogens is 338 g/mol. The summed E-state index contributed by atoms with van der Waals surface area (Å²) in [6, 6.07) is 4.30. The molecule has 0 aliphatic carbocycles. The smallest absolute Gasteiger partial charge is 0.237 e. The molecule has 0 spiro atoms. The average Bonchev–Trinajstić information content (AvgIpc) is 2.93. The summed E-state index contributed by atoms with van der Waals surface area (Å²) < 4.78 is 1.11. The maximum atomic E-state index is 12.4. The Morgan fingerprint density at radius 1 is 1.55 bits per heavy atom. The van der Waals surface area contributed by atoms with Gasteiger partial charge in [0, 0.05) is 30.6 Å². The summed E-state index contributed by atoms with van der Waals surface area (Å²) >= 11 is 5.14. The lowest BCUT2D eigenvalue weighted by Gasteiger charge is -2.23. The molecule has 112 valence electrons. The first-order valence-electron chi connectivity index (χ1n) is 6.99. The zero-order valence-corrected chi connectivity index (χ0v) is 14.4. The second kappa shape index (κ2) is 7.02. The molecule has 2 atom stereocenters. The zero-order chi connectivity index (χ0) is 14.7. The highest BCUT2D eigenvalue weighted by Crippen LogP contribution is 2.23. The van der Waals surface area contributed by atoms with Crippen molar-refractivity contribution in [2.24, 2.45) is 11.7 Å². The Kier molecular flexibility index (Phi) is 5.60. The molecule has 2 rings (SSSR count). The normalized spacial score (nSPS) is 23.2. The van der Waals surface area contributed by atoms with E-state index in [2.05, 4.69) is 33.8 Å². The molecular formula is C14H22BrN3OS. The summed E-state index contributed by atoms with van der Waals surface area (Å²) in [5.74, 6) is 0.671. The first-order valence-corrected chi connectivity index (χ1v) is 8.60. The number of thiophene rings is 1. The number of amides is 1. The average molecular weight is 360 g/mol. The molecule has 4 nitrogen and oxygen atoms in total. The van der Waals surface area contributed by atoms with E-state index in [0.29, 0.717) is 19.0 Å². The zero-order valence-electron chi connectivity index (χ0n) is 12.0. The highest BCUT2D eigenvalue weighted by molar-refractivity contribution is 9.11. The Morgan fingerprint density at radius 3 is 2.80 bits per heavy atom. The van der Waals surface area contributed by atoms with Crippen molar-refractivity contribution in [3.63, 3.8) is 0 Å². The van der Waals surface area contributed by atoms with Crippen LogP contribution in [-0.2, 0) is 11.3 Å². The Hall–Kier alpha value is -0.430. The van der Waals surface area contributed by atoms with E-state index in [1.807, 2.05) is 17.9 Å². The third kappa shape index (κ3) is 4.04. The minimum Gasteiger partial charge on any atom is -0.337 e. The van der Waals surface area contributed by atoms with Gasteiger partial charge in [0.1, 0.15) is 0 Å². The summed E-state index contributed by atoms with van der Waals surface area (Å²) in [5, 5.41) is 0. The second-order valence-corrected chi connectivity index (χ2v) is 8.00. The van der Waals surface area contributed by atoms with E-state index in [1.165, 1.54) is 4.88 Å². The van der Waals surface area contributed by atoms with E-state index in [0.717, 1.165) is 23.4 Å². The van der Waals surface area contributed by atoms with Gasteiger partial charge in [0.15, 0.2) is 0 Å². The molecule has 2 N–H and O–H groups in total. The fraction of sp³-hybridized carbons (Fsp3) is 0.643. The van der Waals surface area contributed by atoms with Crippen molar-refractivity contribution < 1.29 is 4.79 Å². The lowest BCUT2D eigenvalue weighted by Crippen LogP contribution is -2.39. The van der Waals surface area contributed by atoms with Crippen LogP contribution in [-0.4, -0.2) is 47.9 Å². The fourth-order valence-corrected chi connectivity index (χ4v) is 4.02. The summed E-state index contributed by atoms with van der Waals surface area (Å²) in [6.45, 7) is 7.85. The maximum Gasteiger partial charge on any atom is 0.237 e. The minimum absolute atomic E-state index is 0.193. The van der Waals surface area contributed by atoms with Gasteiger partial charge in [0.25, 0.3) is 0 Å². The Morgan fingerprint density at radius 2 is 2.30 bits per heavy atom. The molecule has 1 aromatic rings. The molecule has 2 heterocycles. The number of halogens is 1. The predicted molar refractivity (Wildman–Crippen MR) is 86.7 cm³/mol. The SMILES string of the molecule is CCN(Cc1ccc(Br)s1)C(=O)CN1CC(C)C(N)C1. The molecule has 0 radical (unpaired) electrons. The van der Waals surface area contributed by atoms with E-state index in [9.17, 15) is 4.79 Å². The molecule has 1 aliphatic heterocycles. The van der Waals surface area contributed by atoms with Crippen LogP contribution in [0.2, 0.25) is 0 Å². The summed E-state index contributed by atoms with van der Waals surface area (Å²) in [6.07, 6.45) is 0. The summed E-state index contributed by atoms with van der Waals surface area (Å²) in [4.78, 5) is 17.7. The van der Waals surface area contributed by atoms with Gasteiger partial charge < -0.3 is 10.6 Å².